The zero-order valence-electron chi connectivity index (χ0n) is 14.6. The first kappa shape index (κ1) is 19.5. The van der Waals surface area contributed by atoms with Crippen molar-refractivity contribution in [3.63, 3.8) is 0 Å². The molecule has 0 fully saturated rings. The molecule has 0 saturated heterocycles. The zero-order valence-corrected chi connectivity index (χ0v) is 14.6. The topological polar surface area (TPSA) is 0 Å². The SMILES string of the molecule is FC(F)=C(/C(=C(/c1ccccc1)C(F)(F)F)c1ccccc1)c1ccccc1. The lowest BCUT2D eigenvalue weighted by Gasteiger charge is -2.21. The van der Waals surface area contributed by atoms with Crippen molar-refractivity contribution in [2.45, 2.75) is 6.18 Å². The Morgan fingerprint density at radius 2 is 0.857 bits per heavy atom. The predicted octanol–water partition coefficient (Wildman–Crippen LogP) is 7.47. The quantitative estimate of drug-likeness (QED) is 0.248. The maximum absolute atomic E-state index is 14.2. The van der Waals surface area contributed by atoms with Crippen molar-refractivity contribution < 1.29 is 22.0 Å². The van der Waals surface area contributed by atoms with Crippen LogP contribution in [0.2, 0.25) is 0 Å². The molecule has 3 rings (SSSR count). The maximum Gasteiger partial charge on any atom is 0.417 e. The van der Waals surface area contributed by atoms with E-state index >= 15 is 0 Å². The van der Waals surface area contributed by atoms with Gasteiger partial charge in [-0.25, -0.2) is 0 Å². The van der Waals surface area contributed by atoms with Crippen molar-refractivity contribution in [3.8, 4) is 0 Å². The second-order valence-electron chi connectivity index (χ2n) is 5.98. The van der Waals surface area contributed by atoms with E-state index in [1.54, 1.807) is 18.2 Å². The third-order valence-electron chi connectivity index (χ3n) is 4.16. The lowest BCUT2D eigenvalue weighted by atomic mass is 9.86. The van der Waals surface area contributed by atoms with Gasteiger partial charge in [-0.1, -0.05) is 91.0 Å². The van der Waals surface area contributed by atoms with Gasteiger partial charge in [-0.15, -0.1) is 0 Å². The van der Waals surface area contributed by atoms with Crippen molar-refractivity contribution in [2.75, 3.05) is 0 Å². The average Bonchev–Trinajstić information content (AvgIpc) is 2.68. The first-order valence-electron chi connectivity index (χ1n) is 8.43. The molecule has 0 saturated carbocycles. The minimum Gasteiger partial charge on any atom is -0.173 e. The van der Waals surface area contributed by atoms with Crippen molar-refractivity contribution >= 4 is 16.7 Å². The van der Waals surface area contributed by atoms with E-state index in [1.807, 2.05) is 0 Å². The van der Waals surface area contributed by atoms with Crippen LogP contribution in [0.15, 0.2) is 97.1 Å². The number of hydrogen-bond donors (Lipinski definition) is 0. The van der Waals surface area contributed by atoms with Gasteiger partial charge >= 0.3 is 6.18 Å². The van der Waals surface area contributed by atoms with Crippen LogP contribution >= 0.6 is 0 Å². The van der Waals surface area contributed by atoms with Gasteiger partial charge in [0.2, 0.25) is 0 Å². The molecule has 0 N–H and O–H groups in total. The minimum absolute atomic E-state index is 0.0130. The highest BCUT2D eigenvalue weighted by Gasteiger charge is 2.39. The first-order valence-corrected chi connectivity index (χ1v) is 8.43. The van der Waals surface area contributed by atoms with E-state index in [2.05, 4.69) is 0 Å². The van der Waals surface area contributed by atoms with E-state index in [-0.39, 0.29) is 16.7 Å². The van der Waals surface area contributed by atoms with Crippen LogP contribution in [-0.2, 0) is 0 Å². The fourth-order valence-electron chi connectivity index (χ4n) is 3.03. The number of rotatable bonds is 4. The number of allylic oxidation sites excluding steroid dienone is 3. The molecule has 0 aliphatic carbocycles. The highest BCUT2D eigenvalue weighted by molar-refractivity contribution is 6.15. The Morgan fingerprint density at radius 1 is 0.500 bits per heavy atom. The molecule has 0 amide bonds. The van der Waals surface area contributed by atoms with Crippen LogP contribution in [0.25, 0.3) is 16.7 Å². The monoisotopic (exact) mass is 386 g/mol. The fourth-order valence-corrected chi connectivity index (χ4v) is 3.03. The van der Waals surface area contributed by atoms with Crippen molar-refractivity contribution in [2.24, 2.45) is 0 Å². The third-order valence-corrected chi connectivity index (χ3v) is 4.16. The van der Waals surface area contributed by atoms with Gasteiger partial charge in [0.15, 0.2) is 0 Å². The van der Waals surface area contributed by atoms with E-state index in [0.717, 1.165) is 0 Å². The van der Waals surface area contributed by atoms with Gasteiger partial charge < -0.3 is 0 Å². The molecule has 0 radical (unpaired) electrons. The summed E-state index contributed by atoms with van der Waals surface area (Å²) < 4.78 is 70.6. The summed E-state index contributed by atoms with van der Waals surface area (Å²) in [6.07, 6.45) is -7.02. The summed E-state index contributed by atoms with van der Waals surface area (Å²) in [5.74, 6) is 0. The smallest absolute Gasteiger partial charge is 0.173 e. The van der Waals surface area contributed by atoms with Crippen molar-refractivity contribution in [3.05, 3.63) is 114 Å². The molecule has 5 heteroatoms. The number of alkyl halides is 3. The Balaban J connectivity index is 2.46. The number of halogens is 5. The Morgan fingerprint density at radius 3 is 1.21 bits per heavy atom. The standard InChI is InChI=1S/C23H15F5/c24-22(25)20(17-12-6-2-7-13-17)19(16-10-4-1-5-11-16)21(23(26,27)28)18-14-8-3-9-15-18/h1-15H/b21-19-. The van der Waals surface area contributed by atoms with Gasteiger partial charge in [-0.3, -0.25) is 0 Å². The molecule has 0 nitrogen and oxygen atoms in total. The van der Waals surface area contributed by atoms with Gasteiger partial charge in [-0.2, -0.15) is 22.0 Å². The predicted molar refractivity (Wildman–Crippen MR) is 101 cm³/mol. The van der Waals surface area contributed by atoms with E-state index in [0.29, 0.717) is 0 Å². The first-order chi connectivity index (χ1) is 13.4. The second kappa shape index (κ2) is 8.21. The minimum atomic E-state index is -4.85. The van der Waals surface area contributed by atoms with Crippen LogP contribution in [-0.4, -0.2) is 6.18 Å². The third kappa shape index (κ3) is 4.19. The molecule has 3 aromatic carbocycles. The number of benzene rings is 3. The van der Waals surface area contributed by atoms with Crippen molar-refractivity contribution in [1.82, 2.24) is 0 Å². The van der Waals surface area contributed by atoms with E-state index in [4.69, 9.17) is 0 Å². The summed E-state index contributed by atoms with van der Waals surface area (Å²) in [6, 6.07) is 21.8. The maximum atomic E-state index is 14.2. The van der Waals surface area contributed by atoms with E-state index in [1.165, 1.54) is 72.8 Å². The fraction of sp³-hybridized carbons (Fsp3) is 0.0435. The molecule has 0 aromatic heterocycles. The highest BCUT2D eigenvalue weighted by atomic mass is 19.4. The summed E-state index contributed by atoms with van der Waals surface area (Å²) in [7, 11) is 0. The summed E-state index contributed by atoms with van der Waals surface area (Å²) in [5, 5.41) is 0. The summed E-state index contributed by atoms with van der Waals surface area (Å²) in [6.45, 7) is 0. The summed E-state index contributed by atoms with van der Waals surface area (Å²) >= 11 is 0. The van der Waals surface area contributed by atoms with Gasteiger partial charge in [0.05, 0.1) is 11.1 Å². The molecule has 3 aromatic rings. The van der Waals surface area contributed by atoms with Crippen LogP contribution in [0.3, 0.4) is 0 Å². The largest absolute Gasteiger partial charge is 0.417 e. The van der Waals surface area contributed by atoms with Crippen LogP contribution in [0.1, 0.15) is 16.7 Å². The highest BCUT2D eigenvalue weighted by Crippen LogP contribution is 2.46. The van der Waals surface area contributed by atoms with Crippen LogP contribution < -0.4 is 0 Å². The van der Waals surface area contributed by atoms with Crippen LogP contribution in [0.5, 0.6) is 0 Å². The molecule has 0 bridgehead atoms. The van der Waals surface area contributed by atoms with Crippen LogP contribution in [0, 0.1) is 0 Å². The normalized spacial score (nSPS) is 12.3. The van der Waals surface area contributed by atoms with Gasteiger partial charge in [-0.05, 0) is 16.7 Å². The molecule has 0 unspecified atom stereocenters. The Bertz CT molecular complexity index is 981. The molecule has 0 atom stereocenters. The molecule has 0 heterocycles. The van der Waals surface area contributed by atoms with Crippen molar-refractivity contribution in [1.29, 1.82) is 0 Å². The molecule has 0 spiro atoms. The Kier molecular flexibility index (Phi) is 5.73. The molecular formula is C23H15F5. The summed E-state index contributed by atoms with van der Waals surface area (Å²) in [4.78, 5) is 0. The molecule has 0 aliphatic heterocycles. The van der Waals surface area contributed by atoms with Gasteiger partial charge in [0.1, 0.15) is 0 Å². The average molecular weight is 386 g/mol. The van der Waals surface area contributed by atoms with E-state index in [9.17, 15) is 22.0 Å². The number of hydrogen-bond acceptors (Lipinski definition) is 0. The van der Waals surface area contributed by atoms with E-state index < -0.39 is 29.0 Å². The van der Waals surface area contributed by atoms with Gasteiger partial charge in [0.25, 0.3) is 6.08 Å². The molecule has 0 aliphatic rings. The second-order valence-corrected chi connectivity index (χ2v) is 5.98. The zero-order chi connectivity index (χ0) is 20.1. The molecule has 142 valence electrons. The lowest BCUT2D eigenvalue weighted by molar-refractivity contribution is -0.0684. The lowest BCUT2D eigenvalue weighted by Crippen LogP contribution is -2.14. The molecular weight excluding hydrogens is 371 g/mol. The summed E-state index contributed by atoms with van der Waals surface area (Å²) in [5.41, 5.74) is -2.49. The molecule has 28 heavy (non-hydrogen) atoms. The Hall–Kier alpha value is -3.21. The van der Waals surface area contributed by atoms with Crippen LogP contribution in [0.4, 0.5) is 22.0 Å². The van der Waals surface area contributed by atoms with Gasteiger partial charge in [0, 0.05) is 5.57 Å². The Labute approximate surface area is 159 Å².